The van der Waals surface area contributed by atoms with Crippen LogP contribution in [0.2, 0.25) is 0 Å². The highest BCUT2D eigenvalue weighted by molar-refractivity contribution is 5.26. The average Bonchev–Trinajstić information content (AvgIpc) is 2.17. The van der Waals surface area contributed by atoms with E-state index in [0.717, 1.165) is 12.1 Å². The maximum atomic E-state index is 3.56. The largest absolute Gasteiger partial charge is 0.283 e. The van der Waals surface area contributed by atoms with Gasteiger partial charge in [0, 0.05) is 18.8 Å². The van der Waals surface area contributed by atoms with Gasteiger partial charge in [0.25, 0.3) is 0 Å². The van der Waals surface area contributed by atoms with E-state index in [1.807, 2.05) is 24.3 Å². The topological polar surface area (TPSA) is 24.4 Å². The Hall–Kier alpha value is -1.31. The lowest BCUT2D eigenvalue weighted by Crippen LogP contribution is -2.02. The number of rotatable bonds is 2. The zero-order chi connectivity index (χ0) is 7.23. The third kappa shape index (κ3) is 1.90. The summed E-state index contributed by atoms with van der Waals surface area (Å²) in [5.41, 5.74) is 3.87. The maximum Gasteiger partial charge on any atom is 0.0373 e. The molecule has 0 heterocycles. The van der Waals surface area contributed by atoms with E-state index >= 15 is 0 Å². The predicted octanol–water partition coefficient (Wildman–Crippen LogP) is 1.59. The average molecular weight is 134 g/mol. The van der Waals surface area contributed by atoms with Gasteiger partial charge in [-0.25, -0.2) is 0 Å². The molecule has 10 heavy (non-hydrogen) atoms. The molecular formula is C8H10N2. The van der Waals surface area contributed by atoms with Crippen LogP contribution in [0.3, 0.4) is 0 Å². The molecule has 0 bridgehead atoms. The summed E-state index contributed by atoms with van der Waals surface area (Å²) in [5, 5.41) is 3.56. The van der Waals surface area contributed by atoms with Crippen LogP contribution < -0.4 is 5.43 Å². The second-order valence-corrected chi connectivity index (χ2v) is 1.98. The van der Waals surface area contributed by atoms with E-state index in [1.54, 1.807) is 0 Å². The summed E-state index contributed by atoms with van der Waals surface area (Å²) in [6, 6.07) is 0. The molecule has 1 rings (SSSR count). The van der Waals surface area contributed by atoms with Gasteiger partial charge in [0.1, 0.15) is 0 Å². The molecule has 0 aromatic heterocycles. The molecule has 0 radical (unpaired) electrons. The van der Waals surface area contributed by atoms with Crippen molar-refractivity contribution >= 4 is 6.72 Å². The summed E-state index contributed by atoms with van der Waals surface area (Å²) in [6.07, 6.45) is 10.9. The molecule has 0 atom stereocenters. The number of hydrazone groups is 1. The second kappa shape index (κ2) is 3.67. The van der Waals surface area contributed by atoms with Crippen molar-refractivity contribution in [3.05, 3.63) is 36.1 Å². The van der Waals surface area contributed by atoms with Crippen LogP contribution in [0, 0.1) is 0 Å². The highest BCUT2D eigenvalue weighted by Crippen LogP contribution is 2.02. The minimum atomic E-state index is 0.895. The highest BCUT2D eigenvalue weighted by Gasteiger charge is 1.90. The second-order valence-electron chi connectivity index (χ2n) is 1.98. The lowest BCUT2D eigenvalue weighted by Gasteiger charge is -1.98. The SMILES string of the molecule is C=NNC1=CC=CC=CC1. The Morgan fingerprint density at radius 3 is 3.10 bits per heavy atom. The van der Waals surface area contributed by atoms with E-state index in [1.165, 1.54) is 0 Å². The van der Waals surface area contributed by atoms with Crippen molar-refractivity contribution in [1.82, 2.24) is 5.43 Å². The van der Waals surface area contributed by atoms with Gasteiger partial charge >= 0.3 is 0 Å². The Morgan fingerprint density at radius 1 is 1.40 bits per heavy atom. The molecule has 1 aliphatic carbocycles. The van der Waals surface area contributed by atoms with Crippen LogP contribution in [-0.4, -0.2) is 6.72 Å². The van der Waals surface area contributed by atoms with Crippen LogP contribution in [0.15, 0.2) is 41.2 Å². The molecule has 0 aromatic rings. The van der Waals surface area contributed by atoms with Crippen molar-refractivity contribution in [3.8, 4) is 0 Å². The summed E-state index contributed by atoms with van der Waals surface area (Å²) in [6.45, 7) is 3.34. The van der Waals surface area contributed by atoms with Crippen LogP contribution >= 0.6 is 0 Å². The Balaban J connectivity index is 2.58. The molecule has 1 N–H and O–H groups in total. The van der Waals surface area contributed by atoms with Gasteiger partial charge < -0.3 is 0 Å². The number of nitrogens with one attached hydrogen (secondary N) is 1. The van der Waals surface area contributed by atoms with Crippen LogP contribution in [0.4, 0.5) is 0 Å². The van der Waals surface area contributed by atoms with Gasteiger partial charge in [0.2, 0.25) is 0 Å². The normalized spacial score (nSPS) is 15.8. The Morgan fingerprint density at radius 2 is 2.30 bits per heavy atom. The minimum absolute atomic E-state index is 0.895. The standard InChI is InChI=1S/C8H10N2/c1-9-10-8-6-4-2-3-5-7-8/h2-6,10H,1,7H2. The molecule has 0 spiro atoms. The lowest BCUT2D eigenvalue weighted by atomic mass is 10.3. The van der Waals surface area contributed by atoms with E-state index < -0.39 is 0 Å². The summed E-state index contributed by atoms with van der Waals surface area (Å²) in [5.74, 6) is 0. The molecule has 0 amide bonds. The molecule has 2 heteroatoms. The number of nitrogens with zero attached hydrogens (tertiary/aromatic N) is 1. The highest BCUT2D eigenvalue weighted by atomic mass is 15.3. The van der Waals surface area contributed by atoms with Crippen LogP contribution in [0.25, 0.3) is 0 Å². The first-order chi connectivity index (χ1) is 4.93. The van der Waals surface area contributed by atoms with Crippen molar-refractivity contribution in [2.24, 2.45) is 5.10 Å². The van der Waals surface area contributed by atoms with Gasteiger partial charge in [0.15, 0.2) is 0 Å². The van der Waals surface area contributed by atoms with Crippen molar-refractivity contribution in [3.63, 3.8) is 0 Å². The predicted molar refractivity (Wildman–Crippen MR) is 43.7 cm³/mol. The molecule has 0 saturated heterocycles. The van der Waals surface area contributed by atoms with E-state index in [0.29, 0.717) is 0 Å². The maximum absolute atomic E-state index is 3.56. The monoisotopic (exact) mass is 134 g/mol. The third-order valence-electron chi connectivity index (χ3n) is 1.22. The summed E-state index contributed by atoms with van der Waals surface area (Å²) >= 11 is 0. The minimum Gasteiger partial charge on any atom is -0.283 e. The molecule has 0 aromatic carbocycles. The first-order valence-corrected chi connectivity index (χ1v) is 3.17. The van der Waals surface area contributed by atoms with E-state index in [9.17, 15) is 0 Å². The molecule has 2 nitrogen and oxygen atoms in total. The van der Waals surface area contributed by atoms with Crippen molar-refractivity contribution in [2.75, 3.05) is 0 Å². The van der Waals surface area contributed by atoms with Crippen LogP contribution in [0.1, 0.15) is 6.42 Å². The Bertz CT molecular complexity index is 199. The summed E-state index contributed by atoms with van der Waals surface area (Å²) in [7, 11) is 0. The first kappa shape index (κ1) is 6.81. The third-order valence-corrected chi connectivity index (χ3v) is 1.22. The van der Waals surface area contributed by atoms with Gasteiger partial charge in [-0.3, -0.25) is 5.43 Å². The Kier molecular flexibility index (Phi) is 2.49. The van der Waals surface area contributed by atoms with Gasteiger partial charge in [-0.2, -0.15) is 5.10 Å². The van der Waals surface area contributed by atoms with Crippen molar-refractivity contribution < 1.29 is 0 Å². The quantitative estimate of drug-likeness (QED) is 0.450. The number of hydrogen-bond donors (Lipinski definition) is 1. The van der Waals surface area contributed by atoms with Gasteiger partial charge in [-0.1, -0.05) is 24.3 Å². The molecule has 52 valence electrons. The van der Waals surface area contributed by atoms with Crippen LogP contribution in [0.5, 0.6) is 0 Å². The van der Waals surface area contributed by atoms with E-state index in [4.69, 9.17) is 0 Å². The zero-order valence-electron chi connectivity index (χ0n) is 5.75. The zero-order valence-corrected chi connectivity index (χ0v) is 5.75. The fourth-order valence-corrected chi connectivity index (χ4v) is 0.762. The van der Waals surface area contributed by atoms with Crippen molar-refractivity contribution in [2.45, 2.75) is 6.42 Å². The van der Waals surface area contributed by atoms with E-state index in [-0.39, 0.29) is 0 Å². The fraction of sp³-hybridized carbons (Fsp3) is 0.125. The van der Waals surface area contributed by atoms with Crippen molar-refractivity contribution in [1.29, 1.82) is 0 Å². The molecular weight excluding hydrogens is 124 g/mol. The number of allylic oxidation sites excluding steroid dienone is 5. The summed E-state index contributed by atoms with van der Waals surface area (Å²) < 4.78 is 0. The molecule has 0 unspecified atom stereocenters. The fourth-order valence-electron chi connectivity index (χ4n) is 0.762. The molecule has 0 fully saturated rings. The van der Waals surface area contributed by atoms with Gasteiger partial charge in [-0.05, 0) is 6.08 Å². The lowest BCUT2D eigenvalue weighted by molar-refractivity contribution is 0.864. The Labute approximate surface area is 60.6 Å². The van der Waals surface area contributed by atoms with Crippen LogP contribution in [-0.2, 0) is 0 Å². The molecule has 1 aliphatic rings. The van der Waals surface area contributed by atoms with Gasteiger partial charge in [-0.15, -0.1) is 0 Å². The first-order valence-electron chi connectivity index (χ1n) is 3.17. The molecule has 0 aliphatic heterocycles. The summed E-state index contributed by atoms with van der Waals surface area (Å²) in [4.78, 5) is 0. The van der Waals surface area contributed by atoms with Gasteiger partial charge in [0.05, 0.1) is 0 Å². The number of hydrogen-bond acceptors (Lipinski definition) is 2. The molecule has 0 saturated carbocycles. The van der Waals surface area contributed by atoms with E-state index in [2.05, 4.69) is 23.3 Å². The smallest absolute Gasteiger partial charge is 0.0373 e.